The monoisotopic (exact) mass is 256 g/mol. The number of ether oxygens (including phenoxy) is 1. The smallest absolute Gasteiger partial charge is 0.220 e. The average Bonchev–Trinajstić information content (AvgIpc) is 2.34. The van der Waals surface area contributed by atoms with Crippen LogP contribution in [0.2, 0.25) is 0 Å². The molecule has 1 aliphatic rings. The summed E-state index contributed by atoms with van der Waals surface area (Å²) < 4.78 is 5.60. The Labute approximate surface area is 111 Å². The van der Waals surface area contributed by atoms with Crippen LogP contribution in [0.3, 0.4) is 0 Å². The van der Waals surface area contributed by atoms with E-state index in [1.165, 1.54) is 6.42 Å². The van der Waals surface area contributed by atoms with Crippen molar-refractivity contribution < 1.29 is 9.53 Å². The van der Waals surface area contributed by atoms with Crippen LogP contribution in [0.15, 0.2) is 0 Å². The standard InChI is InChI=1S/C14H28N2O2/c1-11(2)9-12(15)10-16-14(17)7-6-13-5-3-4-8-18-13/h11-13H,3-10,15H2,1-2H3,(H,16,17). The molecule has 1 amide bonds. The van der Waals surface area contributed by atoms with E-state index in [4.69, 9.17) is 10.5 Å². The third-order valence-corrected chi connectivity index (χ3v) is 3.30. The number of nitrogens with two attached hydrogens (primary N) is 1. The number of rotatable bonds is 7. The molecule has 4 heteroatoms. The number of hydrogen-bond acceptors (Lipinski definition) is 3. The molecule has 0 aromatic heterocycles. The number of amides is 1. The van der Waals surface area contributed by atoms with E-state index in [2.05, 4.69) is 19.2 Å². The third kappa shape index (κ3) is 6.97. The number of nitrogens with one attached hydrogen (secondary N) is 1. The summed E-state index contributed by atoms with van der Waals surface area (Å²) in [6.45, 7) is 5.72. The topological polar surface area (TPSA) is 64.3 Å². The highest BCUT2D eigenvalue weighted by atomic mass is 16.5. The number of hydrogen-bond donors (Lipinski definition) is 2. The maximum Gasteiger partial charge on any atom is 0.220 e. The van der Waals surface area contributed by atoms with Crippen molar-refractivity contribution in [2.45, 2.75) is 64.5 Å². The van der Waals surface area contributed by atoms with Crippen molar-refractivity contribution in [3.05, 3.63) is 0 Å². The fourth-order valence-corrected chi connectivity index (χ4v) is 2.35. The molecule has 1 saturated heterocycles. The molecule has 0 spiro atoms. The third-order valence-electron chi connectivity index (χ3n) is 3.30. The Hall–Kier alpha value is -0.610. The lowest BCUT2D eigenvalue weighted by Crippen LogP contribution is -2.38. The Morgan fingerprint density at radius 1 is 1.44 bits per heavy atom. The van der Waals surface area contributed by atoms with Crippen molar-refractivity contribution in [1.82, 2.24) is 5.32 Å². The molecule has 0 radical (unpaired) electrons. The van der Waals surface area contributed by atoms with Gasteiger partial charge in [0, 0.05) is 25.6 Å². The largest absolute Gasteiger partial charge is 0.378 e. The van der Waals surface area contributed by atoms with E-state index in [0.29, 0.717) is 18.9 Å². The summed E-state index contributed by atoms with van der Waals surface area (Å²) in [6, 6.07) is 0.0693. The second kappa shape index (κ2) is 8.48. The summed E-state index contributed by atoms with van der Waals surface area (Å²) in [4.78, 5) is 11.7. The van der Waals surface area contributed by atoms with Gasteiger partial charge in [-0.25, -0.2) is 0 Å². The van der Waals surface area contributed by atoms with Crippen LogP contribution in [0, 0.1) is 5.92 Å². The second-order valence-electron chi connectivity index (χ2n) is 5.72. The first-order valence-electron chi connectivity index (χ1n) is 7.21. The fourth-order valence-electron chi connectivity index (χ4n) is 2.35. The molecule has 3 N–H and O–H groups in total. The summed E-state index contributed by atoms with van der Waals surface area (Å²) in [5, 5.41) is 2.91. The Morgan fingerprint density at radius 2 is 2.22 bits per heavy atom. The van der Waals surface area contributed by atoms with Crippen LogP contribution in [0.25, 0.3) is 0 Å². The molecule has 2 atom stereocenters. The van der Waals surface area contributed by atoms with E-state index in [-0.39, 0.29) is 18.1 Å². The maximum atomic E-state index is 11.7. The lowest BCUT2D eigenvalue weighted by atomic mass is 10.0. The predicted octanol–water partition coefficient (Wildman–Crippen LogP) is 1.83. The molecule has 106 valence electrons. The number of carbonyl (C=O) groups excluding carboxylic acids is 1. The van der Waals surface area contributed by atoms with Crippen molar-refractivity contribution >= 4 is 5.91 Å². The Kier molecular flexibility index (Phi) is 7.28. The van der Waals surface area contributed by atoms with E-state index >= 15 is 0 Å². The SMILES string of the molecule is CC(C)CC(N)CNC(=O)CCC1CCCCO1. The highest BCUT2D eigenvalue weighted by Crippen LogP contribution is 2.16. The average molecular weight is 256 g/mol. The van der Waals surface area contributed by atoms with Crippen LogP contribution in [0.5, 0.6) is 0 Å². The molecule has 2 unspecified atom stereocenters. The van der Waals surface area contributed by atoms with Gasteiger partial charge >= 0.3 is 0 Å². The first-order chi connectivity index (χ1) is 8.58. The molecule has 1 aliphatic heterocycles. The molecule has 0 aromatic carbocycles. The van der Waals surface area contributed by atoms with Gasteiger partial charge in [0.05, 0.1) is 6.10 Å². The molecular weight excluding hydrogens is 228 g/mol. The van der Waals surface area contributed by atoms with Crippen LogP contribution in [-0.2, 0) is 9.53 Å². The maximum absolute atomic E-state index is 11.7. The van der Waals surface area contributed by atoms with Gasteiger partial charge in [-0.2, -0.15) is 0 Å². The van der Waals surface area contributed by atoms with Gasteiger partial charge in [0.1, 0.15) is 0 Å². The van der Waals surface area contributed by atoms with Crippen molar-refractivity contribution in [2.75, 3.05) is 13.2 Å². The minimum Gasteiger partial charge on any atom is -0.378 e. The van der Waals surface area contributed by atoms with E-state index < -0.39 is 0 Å². The van der Waals surface area contributed by atoms with Gasteiger partial charge in [-0.1, -0.05) is 13.8 Å². The Balaban J connectivity index is 2.06. The molecule has 0 saturated carbocycles. The molecule has 1 heterocycles. The van der Waals surface area contributed by atoms with Gasteiger partial charge in [0.15, 0.2) is 0 Å². The van der Waals surface area contributed by atoms with Crippen molar-refractivity contribution in [2.24, 2.45) is 11.7 Å². The normalized spacial score (nSPS) is 21.9. The Morgan fingerprint density at radius 3 is 2.83 bits per heavy atom. The lowest BCUT2D eigenvalue weighted by Gasteiger charge is -2.22. The fraction of sp³-hybridized carbons (Fsp3) is 0.929. The van der Waals surface area contributed by atoms with E-state index in [0.717, 1.165) is 32.3 Å². The van der Waals surface area contributed by atoms with Crippen molar-refractivity contribution in [1.29, 1.82) is 0 Å². The summed E-state index contributed by atoms with van der Waals surface area (Å²) in [5.41, 5.74) is 5.92. The Bertz CT molecular complexity index is 238. The van der Waals surface area contributed by atoms with Gasteiger partial charge in [-0.3, -0.25) is 4.79 Å². The van der Waals surface area contributed by atoms with E-state index in [1.54, 1.807) is 0 Å². The molecule has 0 bridgehead atoms. The van der Waals surface area contributed by atoms with Crippen LogP contribution in [0.4, 0.5) is 0 Å². The molecule has 0 aromatic rings. The van der Waals surface area contributed by atoms with Crippen molar-refractivity contribution in [3.8, 4) is 0 Å². The van der Waals surface area contributed by atoms with Gasteiger partial charge in [-0.15, -0.1) is 0 Å². The van der Waals surface area contributed by atoms with Gasteiger partial charge in [0.25, 0.3) is 0 Å². The van der Waals surface area contributed by atoms with Crippen LogP contribution in [0.1, 0.15) is 52.4 Å². The van der Waals surface area contributed by atoms with E-state index in [1.807, 2.05) is 0 Å². The molecular formula is C14H28N2O2. The zero-order valence-corrected chi connectivity index (χ0v) is 11.8. The summed E-state index contributed by atoms with van der Waals surface area (Å²) in [6.07, 6.45) is 6.11. The summed E-state index contributed by atoms with van der Waals surface area (Å²) >= 11 is 0. The van der Waals surface area contributed by atoms with Gasteiger partial charge < -0.3 is 15.8 Å². The first kappa shape index (κ1) is 15.4. The highest BCUT2D eigenvalue weighted by molar-refractivity contribution is 5.75. The van der Waals surface area contributed by atoms with Crippen LogP contribution in [-0.4, -0.2) is 31.2 Å². The van der Waals surface area contributed by atoms with Crippen LogP contribution >= 0.6 is 0 Å². The second-order valence-corrected chi connectivity index (χ2v) is 5.72. The molecule has 18 heavy (non-hydrogen) atoms. The zero-order chi connectivity index (χ0) is 13.4. The molecule has 4 nitrogen and oxygen atoms in total. The van der Waals surface area contributed by atoms with Gasteiger partial charge in [-0.05, 0) is 38.0 Å². The summed E-state index contributed by atoms with van der Waals surface area (Å²) in [7, 11) is 0. The van der Waals surface area contributed by atoms with E-state index in [9.17, 15) is 4.79 Å². The van der Waals surface area contributed by atoms with Crippen molar-refractivity contribution in [3.63, 3.8) is 0 Å². The minimum absolute atomic E-state index is 0.0693. The highest BCUT2D eigenvalue weighted by Gasteiger charge is 2.15. The number of carbonyl (C=O) groups is 1. The quantitative estimate of drug-likeness (QED) is 0.730. The molecule has 1 rings (SSSR count). The predicted molar refractivity (Wildman–Crippen MR) is 73.3 cm³/mol. The minimum atomic E-state index is 0.0693. The van der Waals surface area contributed by atoms with Crippen LogP contribution < -0.4 is 11.1 Å². The zero-order valence-electron chi connectivity index (χ0n) is 11.8. The molecule has 1 fully saturated rings. The lowest BCUT2D eigenvalue weighted by molar-refractivity contribution is -0.122. The van der Waals surface area contributed by atoms with Gasteiger partial charge in [0.2, 0.25) is 5.91 Å². The summed E-state index contributed by atoms with van der Waals surface area (Å²) in [5.74, 6) is 0.677. The first-order valence-corrected chi connectivity index (χ1v) is 7.21. The molecule has 0 aliphatic carbocycles.